The summed E-state index contributed by atoms with van der Waals surface area (Å²) in [5.74, 6) is 0.633. The summed E-state index contributed by atoms with van der Waals surface area (Å²) in [7, 11) is 4.35. The number of hydrogen-bond donors (Lipinski definition) is 2. The van der Waals surface area contributed by atoms with E-state index in [2.05, 4.69) is 53.4 Å². The molecule has 1 aromatic heterocycles. The number of nitrogens with one attached hydrogen (secondary N) is 2. The van der Waals surface area contributed by atoms with Crippen LogP contribution >= 0.6 is 0 Å². The van der Waals surface area contributed by atoms with Crippen LogP contribution in [0.25, 0.3) is 0 Å². The minimum atomic E-state index is 0.492. The molecule has 18 heavy (non-hydrogen) atoms. The quantitative estimate of drug-likeness (QED) is 0.823. The Morgan fingerprint density at radius 2 is 2.06 bits per heavy atom. The molecule has 0 aromatic carbocycles. The van der Waals surface area contributed by atoms with Gasteiger partial charge in [-0.15, -0.1) is 0 Å². The van der Waals surface area contributed by atoms with E-state index in [1.807, 2.05) is 6.20 Å². The standard InChI is InChI=1S/C14H26N4/c1-12(11-18-8-6-15-7-9-18)14(17(2)3)13-4-5-16-10-13/h4-5,10,12,14-16H,6-9,11H2,1-3H3. The Morgan fingerprint density at radius 1 is 1.33 bits per heavy atom. The van der Waals surface area contributed by atoms with Crippen LogP contribution < -0.4 is 5.32 Å². The molecule has 4 nitrogen and oxygen atoms in total. The molecule has 0 radical (unpaired) electrons. The van der Waals surface area contributed by atoms with Gasteiger partial charge < -0.3 is 20.1 Å². The molecule has 1 fully saturated rings. The topological polar surface area (TPSA) is 34.3 Å². The van der Waals surface area contributed by atoms with E-state index in [0.29, 0.717) is 12.0 Å². The lowest BCUT2D eigenvalue weighted by molar-refractivity contribution is 0.148. The maximum absolute atomic E-state index is 3.41. The second kappa shape index (κ2) is 6.36. The van der Waals surface area contributed by atoms with Gasteiger partial charge in [-0.05, 0) is 31.6 Å². The lowest BCUT2D eigenvalue weighted by Gasteiger charge is -2.35. The SMILES string of the molecule is CC(CN1CCNCC1)C(c1cc[nH]c1)N(C)C. The summed E-state index contributed by atoms with van der Waals surface area (Å²) < 4.78 is 0. The van der Waals surface area contributed by atoms with Crippen molar-refractivity contribution in [3.8, 4) is 0 Å². The van der Waals surface area contributed by atoms with Crippen molar-refractivity contribution < 1.29 is 0 Å². The Morgan fingerprint density at radius 3 is 2.61 bits per heavy atom. The van der Waals surface area contributed by atoms with Crippen molar-refractivity contribution in [1.29, 1.82) is 0 Å². The highest BCUT2D eigenvalue weighted by molar-refractivity contribution is 5.15. The van der Waals surface area contributed by atoms with Crippen molar-refractivity contribution in [2.24, 2.45) is 5.92 Å². The third-order valence-corrected chi connectivity index (χ3v) is 3.81. The predicted molar refractivity (Wildman–Crippen MR) is 75.7 cm³/mol. The molecule has 1 aromatic rings. The molecule has 1 saturated heterocycles. The van der Waals surface area contributed by atoms with E-state index in [0.717, 1.165) is 13.1 Å². The number of rotatable bonds is 5. The Labute approximate surface area is 110 Å². The molecule has 0 spiro atoms. The zero-order valence-corrected chi connectivity index (χ0v) is 11.8. The fraction of sp³-hybridized carbons (Fsp3) is 0.714. The first-order valence-electron chi connectivity index (χ1n) is 6.90. The van der Waals surface area contributed by atoms with Gasteiger partial charge in [0.25, 0.3) is 0 Å². The summed E-state index contributed by atoms with van der Waals surface area (Å²) in [4.78, 5) is 8.08. The van der Waals surface area contributed by atoms with Crippen LogP contribution in [0, 0.1) is 5.92 Å². The second-order valence-corrected chi connectivity index (χ2v) is 5.58. The average Bonchev–Trinajstić information content (AvgIpc) is 2.83. The molecular weight excluding hydrogens is 224 g/mol. The van der Waals surface area contributed by atoms with Gasteiger partial charge in [-0.1, -0.05) is 6.92 Å². The molecule has 0 saturated carbocycles. The van der Waals surface area contributed by atoms with Gasteiger partial charge in [0.1, 0.15) is 0 Å². The first-order chi connectivity index (χ1) is 8.68. The van der Waals surface area contributed by atoms with Crippen LogP contribution in [0.15, 0.2) is 18.5 Å². The van der Waals surface area contributed by atoms with Gasteiger partial charge in [0, 0.05) is 51.2 Å². The number of piperazine rings is 1. The summed E-state index contributed by atoms with van der Waals surface area (Å²) in [6.45, 7) is 8.15. The highest BCUT2D eigenvalue weighted by Gasteiger charge is 2.24. The zero-order valence-electron chi connectivity index (χ0n) is 11.8. The van der Waals surface area contributed by atoms with E-state index in [1.165, 1.54) is 25.2 Å². The van der Waals surface area contributed by atoms with Crippen LogP contribution in [-0.4, -0.2) is 61.6 Å². The number of nitrogens with zero attached hydrogens (tertiary/aromatic N) is 2. The largest absolute Gasteiger partial charge is 0.367 e. The summed E-state index contributed by atoms with van der Waals surface area (Å²) in [6, 6.07) is 2.69. The lowest BCUT2D eigenvalue weighted by Crippen LogP contribution is -2.46. The molecule has 2 unspecified atom stereocenters. The van der Waals surface area contributed by atoms with Gasteiger partial charge >= 0.3 is 0 Å². The molecule has 2 heterocycles. The van der Waals surface area contributed by atoms with E-state index < -0.39 is 0 Å². The molecule has 1 aliphatic heterocycles. The maximum atomic E-state index is 3.41. The van der Waals surface area contributed by atoms with Crippen molar-refractivity contribution in [3.63, 3.8) is 0 Å². The van der Waals surface area contributed by atoms with Crippen molar-refractivity contribution in [1.82, 2.24) is 20.1 Å². The molecule has 2 atom stereocenters. The van der Waals surface area contributed by atoms with Gasteiger partial charge in [0.15, 0.2) is 0 Å². The second-order valence-electron chi connectivity index (χ2n) is 5.58. The van der Waals surface area contributed by atoms with Gasteiger partial charge in [-0.25, -0.2) is 0 Å². The van der Waals surface area contributed by atoms with Gasteiger partial charge in [0.2, 0.25) is 0 Å². The van der Waals surface area contributed by atoms with E-state index in [-0.39, 0.29) is 0 Å². The van der Waals surface area contributed by atoms with Crippen LogP contribution in [-0.2, 0) is 0 Å². The van der Waals surface area contributed by atoms with Gasteiger partial charge in [-0.3, -0.25) is 0 Å². The number of H-pyrrole nitrogens is 1. The van der Waals surface area contributed by atoms with Gasteiger partial charge in [-0.2, -0.15) is 0 Å². The van der Waals surface area contributed by atoms with Crippen LogP contribution in [0.5, 0.6) is 0 Å². The van der Waals surface area contributed by atoms with Crippen LogP contribution in [0.1, 0.15) is 18.5 Å². The normalized spacial score (nSPS) is 21.1. The van der Waals surface area contributed by atoms with Crippen LogP contribution in [0.4, 0.5) is 0 Å². The minimum Gasteiger partial charge on any atom is -0.367 e. The van der Waals surface area contributed by atoms with Crippen molar-refractivity contribution in [2.45, 2.75) is 13.0 Å². The summed E-state index contributed by atoms with van der Waals surface area (Å²) in [5, 5.41) is 3.41. The molecule has 2 rings (SSSR count). The average molecular weight is 250 g/mol. The third-order valence-electron chi connectivity index (χ3n) is 3.81. The molecular formula is C14H26N4. The van der Waals surface area contributed by atoms with E-state index in [4.69, 9.17) is 0 Å². The molecule has 2 N–H and O–H groups in total. The lowest BCUT2D eigenvalue weighted by atomic mass is 9.94. The molecule has 102 valence electrons. The molecule has 0 bridgehead atoms. The fourth-order valence-electron chi connectivity index (χ4n) is 3.06. The van der Waals surface area contributed by atoms with E-state index in [1.54, 1.807) is 0 Å². The van der Waals surface area contributed by atoms with Crippen LogP contribution in [0.2, 0.25) is 0 Å². The van der Waals surface area contributed by atoms with Crippen molar-refractivity contribution >= 4 is 0 Å². The van der Waals surface area contributed by atoms with Gasteiger partial charge in [0.05, 0.1) is 0 Å². The molecule has 1 aliphatic rings. The summed E-state index contributed by atoms with van der Waals surface area (Å²) >= 11 is 0. The Bertz CT molecular complexity index is 328. The molecule has 0 aliphatic carbocycles. The summed E-state index contributed by atoms with van der Waals surface area (Å²) in [6.07, 6.45) is 4.14. The maximum Gasteiger partial charge on any atom is 0.0394 e. The smallest absolute Gasteiger partial charge is 0.0394 e. The Kier molecular flexibility index (Phi) is 4.80. The van der Waals surface area contributed by atoms with Crippen molar-refractivity contribution in [3.05, 3.63) is 24.0 Å². The van der Waals surface area contributed by atoms with E-state index in [9.17, 15) is 0 Å². The molecule has 4 heteroatoms. The number of aromatic nitrogens is 1. The van der Waals surface area contributed by atoms with Crippen molar-refractivity contribution in [2.75, 3.05) is 46.8 Å². The first kappa shape index (κ1) is 13.6. The Hall–Kier alpha value is -0.840. The minimum absolute atomic E-state index is 0.492. The van der Waals surface area contributed by atoms with Crippen LogP contribution in [0.3, 0.4) is 0 Å². The number of aromatic amines is 1. The zero-order chi connectivity index (χ0) is 13.0. The molecule has 0 amide bonds. The number of hydrogen-bond acceptors (Lipinski definition) is 3. The fourth-order valence-corrected chi connectivity index (χ4v) is 3.06. The van der Waals surface area contributed by atoms with E-state index >= 15 is 0 Å². The highest BCUT2D eigenvalue weighted by atomic mass is 15.2. The summed E-state index contributed by atoms with van der Waals surface area (Å²) in [5.41, 5.74) is 1.39. The monoisotopic (exact) mass is 250 g/mol. The highest BCUT2D eigenvalue weighted by Crippen LogP contribution is 2.27. The first-order valence-corrected chi connectivity index (χ1v) is 6.90. The predicted octanol–water partition coefficient (Wildman–Crippen LogP) is 1.16. The Balaban J connectivity index is 1.97. The third kappa shape index (κ3) is 3.34.